The summed E-state index contributed by atoms with van der Waals surface area (Å²) in [7, 11) is 0. The van der Waals surface area contributed by atoms with Crippen molar-refractivity contribution < 1.29 is 19.1 Å². The highest BCUT2D eigenvalue weighted by molar-refractivity contribution is 6.31. The molecule has 4 unspecified atom stereocenters. The molecule has 1 aliphatic heterocycles. The smallest absolute Gasteiger partial charge is 0.308 e. The minimum absolute atomic E-state index is 0.0767. The van der Waals surface area contributed by atoms with Gasteiger partial charge in [-0.15, -0.1) is 0 Å². The topological polar surface area (TPSA) is 57.6 Å². The predicted molar refractivity (Wildman–Crippen MR) is 83.7 cm³/mol. The van der Waals surface area contributed by atoms with Gasteiger partial charge in [-0.25, -0.2) is 4.39 Å². The molecule has 3 rings (SSSR count). The summed E-state index contributed by atoms with van der Waals surface area (Å²) in [4.78, 5) is 25.5. The van der Waals surface area contributed by atoms with Gasteiger partial charge in [0.2, 0.25) is 5.91 Å². The van der Waals surface area contributed by atoms with Crippen LogP contribution in [0.4, 0.5) is 4.39 Å². The molecule has 1 aliphatic carbocycles. The van der Waals surface area contributed by atoms with Crippen molar-refractivity contribution in [2.24, 2.45) is 17.8 Å². The second-order valence-corrected chi connectivity index (χ2v) is 7.11. The molecule has 4 atom stereocenters. The lowest BCUT2D eigenvalue weighted by molar-refractivity contribution is -0.147. The van der Waals surface area contributed by atoms with E-state index in [1.165, 1.54) is 6.07 Å². The molecule has 0 bridgehead atoms. The number of carbonyl (C=O) groups excluding carboxylic acids is 1. The van der Waals surface area contributed by atoms with Crippen LogP contribution in [0.2, 0.25) is 5.02 Å². The highest BCUT2D eigenvalue weighted by atomic mass is 35.5. The third kappa shape index (κ3) is 3.20. The van der Waals surface area contributed by atoms with Gasteiger partial charge in [0.25, 0.3) is 0 Å². The van der Waals surface area contributed by atoms with Crippen molar-refractivity contribution in [2.75, 3.05) is 13.1 Å². The van der Waals surface area contributed by atoms with Gasteiger partial charge >= 0.3 is 5.97 Å². The van der Waals surface area contributed by atoms with E-state index in [1.54, 1.807) is 17.0 Å². The van der Waals surface area contributed by atoms with Gasteiger partial charge in [-0.3, -0.25) is 9.59 Å². The number of likely N-dealkylation sites (tertiary alicyclic amines) is 1. The third-order valence-corrected chi connectivity index (χ3v) is 5.13. The van der Waals surface area contributed by atoms with Crippen LogP contribution in [0.5, 0.6) is 0 Å². The summed E-state index contributed by atoms with van der Waals surface area (Å²) in [5.74, 6) is -2.17. The van der Waals surface area contributed by atoms with E-state index in [2.05, 4.69) is 0 Å². The van der Waals surface area contributed by atoms with Gasteiger partial charge in [-0.05, 0) is 30.9 Å². The molecule has 0 spiro atoms. The Morgan fingerprint density at radius 2 is 2.04 bits per heavy atom. The fourth-order valence-electron chi connectivity index (χ4n) is 3.60. The molecule has 6 heteroatoms. The van der Waals surface area contributed by atoms with E-state index >= 15 is 0 Å². The largest absolute Gasteiger partial charge is 0.481 e. The molecule has 124 valence electrons. The van der Waals surface area contributed by atoms with E-state index in [9.17, 15) is 19.1 Å². The van der Waals surface area contributed by atoms with Crippen LogP contribution in [-0.2, 0) is 9.59 Å². The minimum atomic E-state index is -0.862. The summed E-state index contributed by atoms with van der Waals surface area (Å²) in [6.45, 7) is 2.76. The average molecular weight is 340 g/mol. The van der Waals surface area contributed by atoms with E-state index in [0.29, 0.717) is 30.0 Å². The molecule has 0 radical (unpaired) electrons. The Balaban J connectivity index is 1.72. The van der Waals surface area contributed by atoms with Crippen LogP contribution in [-0.4, -0.2) is 35.0 Å². The summed E-state index contributed by atoms with van der Waals surface area (Å²) < 4.78 is 14.0. The zero-order chi connectivity index (χ0) is 16.7. The molecule has 2 fully saturated rings. The fourth-order valence-corrected chi connectivity index (χ4v) is 3.90. The average Bonchev–Trinajstić information content (AvgIpc) is 3.25. The first kappa shape index (κ1) is 16.2. The summed E-state index contributed by atoms with van der Waals surface area (Å²) in [5.41, 5.74) is 0.410. The summed E-state index contributed by atoms with van der Waals surface area (Å²) in [5, 5.41) is 9.56. The van der Waals surface area contributed by atoms with Crippen LogP contribution in [0.1, 0.15) is 31.2 Å². The molecule has 1 saturated carbocycles. The number of benzene rings is 1. The van der Waals surface area contributed by atoms with Crippen molar-refractivity contribution >= 4 is 23.5 Å². The molecule has 1 heterocycles. The number of nitrogens with zero attached hydrogens (tertiary/aromatic N) is 1. The van der Waals surface area contributed by atoms with Crippen LogP contribution in [0.25, 0.3) is 0 Å². The molecule has 1 saturated heterocycles. The van der Waals surface area contributed by atoms with Crippen molar-refractivity contribution in [1.29, 1.82) is 0 Å². The number of rotatable bonds is 3. The van der Waals surface area contributed by atoms with Crippen molar-refractivity contribution in [2.45, 2.75) is 25.7 Å². The van der Waals surface area contributed by atoms with Crippen molar-refractivity contribution in [3.8, 4) is 0 Å². The van der Waals surface area contributed by atoms with Crippen LogP contribution >= 0.6 is 11.6 Å². The number of aliphatic carboxylic acids is 1. The first-order chi connectivity index (χ1) is 10.9. The maximum atomic E-state index is 14.0. The molecule has 2 aliphatic rings. The van der Waals surface area contributed by atoms with Gasteiger partial charge in [0, 0.05) is 35.5 Å². The molecule has 0 aromatic heterocycles. The van der Waals surface area contributed by atoms with E-state index < -0.39 is 11.9 Å². The van der Waals surface area contributed by atoms with Crippen molar-refractivity contribution in [3.05, 3.63) is 34.6 Å². The summed E-state index contributed by atoms with van der Waals surface area (Å²) >= 11 is 6.07. The van der Waals surface area contributed by atoms with Gasteiger partial charge in [0.1, 0.15) is 5.82 Å². The first-order valence-corrected chi connectivity index (χ1v) is 8.21. The van der Waals surface area contributed by atoms with E-state index in [1.807, 2.05) is 6.92 Å². The second kappa shape index (κ2) is 6.11. The van der Waals surface area contributed by atoms with Gasteiger partial charge in [0.15, 0.2) is 0 Å². The lowest BCUT2D eigenvalue weighted by atomic mass is 9.90. The Kier molecular flexibility index (Phi) is 4.32. The van der Waals surface area contributed by atoms with Crippen LogP contribution < -0.4 is 0 Å². The lowest BCUT2D eigenvalue weighted by Gasteiger charge is -2.35. The number of piperidine rings is 1. The Bertz CT molecular complexity index is 630. The number of amides is 1. The number of carboxylic acids is 1. The first-order valence-electron chi connectivity index (χ1n) is 7.84. The van der Waals surface area contributed by atoms with E-state index in [4.69, 9.17) is 11.6 Å². The molecular weight excluding hydrogens is 321 g/mol. The maximum Gasteiger partial charge on any atom is 0.308 e. The molecular formula is C17H19ClFNO3. The van der Waals surface area contributed by atoms with Gasteiger partial charge in [-0.2, -0.15) is 0 Å². The Morgan fingerprint density at radius 1 is 1.30 bits per heavy atom. The molecule has 1 amide bonds. The normalized spacial score (nSPS) is 30.1. The van der Waals surface area contributed by atoms with Crippen molar-refractivity contribution in [1.82, 2.24) is 4.90 Å². The number of hydrogen-bond donors (Lipinski definition) is 1. The molecule has 23 heavy (non-hydrogen) atoms. The van der Waals surface area contributed by atoms with Crippen LogP contribution in [0, 0.1) is 23.6 Å². The zero-order valence-electron chi connectivity index (χ0n) is 12.8. The van der Waals surface area contributed by atoms with Crippen molar-refractivity contribution in [3.63, 3.8) is 0 Å². The fraction of sp³-hybridized carbons (Fsp3) is 0.529. The zero-order valence-corrected chi connectivity index (χ0v) is 13.6. The quantitative estimate of drug-likeness (QED) is 0.920. The van der Waals surface area contributed by atoms with Gasteiger partial charge in [-0.1, -0.05) is 24.6 Å². The minimum Gasteiger partial charge on any atom is -0.481 e. The monoisotopic (exact) mass is 339 g/mol. The SMILES string of the molecule is CC1CC(C(=O)O)CN(C(=O)C2CC2c2c(F)cccc2Cl)C1. The molecule has 4 nitrogen and oxygen atoms in total. The van der Waals surface area contributed by atoms with Crippen LogP contribution in [0.3, 0.4) is 0 Å². The predicted octanol–water partition coefficient (Wildman–Crippen LogP) is 3.15. The number of carboxylic acid groups (broad SMARTS) is 1. The molecule has 1 N–H and O–H groups in total. The third-order valence-electron chi connectivity index (χ3n) is 4.80. The maximum absolute atomic E-state index is 14.0. The molecule has 1 aromatic carbocycles. The highest BCUT2D eigenvalue weighted by Gasteiger charge is 2.49. The number of carbonyl (C=O) groups is 2. The standard InChI is InChI=1S/C17H19ClFNO3/c1-9-5-10(17(22)23)8-20(7-9)16(21)12-6-11(12)15-13(18)3-2-4-14(15)19/h2-4,9-12H,5-8H2,1H3,(H,22,23). The molecule has 1 aromatic rings. The Morgan fingerprint density at radius 3 is 2.70 bits per heavy atom. The Labute approximate surface area is 139 Å². The highest BCUT2D eigenvalue weighted by Crippen LogP contribution is 2.51. The summed E-state index contributed by atoms with van der Waals surface area (Å²) in [6, 6.07) is 4.53. The number of halogens is 2. The van der Waals surface area contributed by atoms with Gasteiger partial charge in [0.05, 0.1) is 5.92 Å². The lowest BCUT2D eigenvalue weighted by Crippen LogP contribution is -2.46. The summed E-state index contributed by atoms with van der Waals surface area (Å²) in [6.07, 6.45) is 1.16. The Hall–Kier alpha value is -1.62. The van der Waals surface area contributed by atoms with Crippen LogP contribution in [0.15, 0.2) is 18.2 Å². The van der Waals surface area contributed by atoms with Gasteiger partial charge < -0.3 is 10.0 Å². The van der Waals surface area contributed by atoms with E-state index in [0.717, 1.165) is 0 Å². The second-order valence-electron chi connectivity index (χ2n) is 6.70. The number of hydrogen-bond acceptors (Lipinski definition) is 2. The van der Waals surface area contributed by atoms with E-state index in [-0.39, 0.29) is 36.0 Å².